The molecule has 1 aliphatic heterocycles. The SMILES string of the molecule is Cc1ccc(C(=O)N2CCN(c3nc(-c4ccccc4)ns3)CC2)cn1.Cc1ccccn1. The molecule has 1 aliphatic rings. The van der Waals surface area contributed by atoms with E-state index in [0.29, 0.717) is 18.7 Å². The molecule has 1 fully saturated rings. The Morgan fingerprint density at radius 1 is 0.848 bits per heavy atom. The highest BCUT2D eigenvalue weighted by Crippen LogP contribution is 2.24. The lowest BCUT2D eigenvalue weighted by Gasteiger charge is -2.34. The molecule has 3 aromatic heterocycles. The third-order valence-corrected chi connectivity index (χ3v) is 6.03. The van der Waals surface area contributed by atoms with Gasteiger partial charge in [0.05, 0.1) is 5.56 Å². The largest absolute Gasteiger partial charge is 0.343 e. The maximum Gasteiger partial charge on any atom is 0.255 e. The van der Waals surface area contributed by atoms with Crippen molar-refractivity contribution in [2.75, 3.05) is 31.1 Å². The average molecular weight is 459 g/mol. The van der Waals surface area contributed by atoms with Gasteiger partial charge in [0.2, 0.25) is 5.13 Å². The van der Waals surface area contributed by atoms with Crippen LogP contribution in [-0.4, -0.2) is 56.3 Å². The maximum atomic E-state index is 12.6. The molecule has 8 heteroatoms. The molecule has 0 atom stereocenters. The van der Waals surface area contributed by atoms with E-state index in [1.165, 1.54) is 11.5 Å². The molecule has 0 saturated carbocycles. The van der Waals surface area contributed by atoms with Crippen LogP contribution in [0.25, 0.3) is 11.4 Å². The number of benzene rings is 1. The van der Waals surface area contributed by atoms with Crippen LogP contribution in [0.5, 0.6) is 0 Å². The first-order valence-electron chi connectivity index (χ1n) is 10.8. The smallest absolute Gasteiger partial charge is 0.255 e. The van der Waals surface area contributed by atoms with Crippen molar-refractivity contribution in [1.82, 2.24) is 24.2 Å². The molecule has 0 bridgehead atoms. The average Bonchev–Trinajstić information content (AvgIpc) is 3.36. The molecule has 1 amide bonds. The summed E-state index contributed by atoms with van der Waals surface area (Å²) >= 11 is 1.41. The van der Waals surface area contributed by atoms with Crippen LogP contribution in [0.3, 0.4) is 0 Å². The van der Waals surface area contributed by atoms with Crippen molar-refractivity contribution in [3.05, 3.63) is 90.0 Å². The fourth-order valence-electron chi connectivity index (χ4n) is 3.37. The topological polar surface area (TPSA) is 75.1 Å². The van der Waals surface area contributed by atoms with Crippen molar-refractivity contribution in [2.24, 2.45) is 0 Å². The van der Waals surface area contributed by atoms with Crippen LogP contribution in [-0.2, 0) is 0 Å². The zero-order valence-corrected chi connectivity index (χ0v) is 19.6. The monoisotopic (exact) mass is 458 g/mol. The first-order chi connectivity index (χ1) is 16.1. The summed E-state index contributed by atoms with van der Waals surface area (Å²) in [6.45, 7) is 6.75. The van der Waals surface area contributed by atoms with Crippen LogP contribution in [0.15, 0.2) is 73.1 Å². The summed E-state index contributed by atoms with van der Waals surface area (Å²) in [6, 6.07) is 19.5. The maximum absolute atomic E-state index is 12.6. The Morgan fingerprint density at radius 2 is 1.58 bits per heavy atom. The molecule has 0 radical (unpaired) electrons. The summed E-state index contributed by atoms with van der Waals surface area (Å²) in [5.74, 6) is 0.800. The summed E-state index contributed by atoms with van der Waals surface area (Å²) in [5.41, 5.74) is 3.65. The first-order valence-corrected chi connectivity index (χ1v) is 11.6. The number of carbonyl (C=O) groups excluding carboxylic acids is 1. The molecule has 1 saturated heterocycles. The summed E-state index contributed by atoms with van der Waals surface area (Å²) < 4.78 is 4.47. The zero-order valence-electron chi connectivity index (χ0n) is 18.8. The number of aryl methyl sites for hydroxylation is 2. The van der Waals surface area contributed by atoms with Crippen LogP contribution in [0.2, 0.25) is 0 Å². The highest BCUT2D eigenvalue weighted by molar-refractivity contribution is 7.09. The third-order valence-electron chi connectivity index (χ3n) is 5.26. The highest BCUT2D eigenvalue weighted by Gasteiger charge is 2.24. The van der Waals surface area contributed by atoms with E-state index in [9.17, 15) is 4.79 Å². The second-order valence-electron chi connectivity index (χ2n) is 7.71. The zero-order chi connectivity index (χ0) is 23.0. The van der Waals surface area contributed by atoms with E-state index in [2.05, 4.69) is 24.2 Å². The predicted molar refractivity (Wildman–Crippen MR) is 131 cm³/mol. The number of aromatic nitrogens is 4. The molecule has 4 aromatic rings. The predicted octanol–water partition coefficient (Wildman–Crippen LogP) is 4.26. The number of rotatable bonds is 3. The van der Waals surface area contributed by atoms with Gasteiger partial charge >= 0.3 is 0 Å². The lowest BCUT2D eigenvalue weighted by molar-refractivity contribution is 0.0746. The van der Waals surface area contributed by atoms with E-state index in [0.717, 1.165) is 41.0 Å². The van der Waals surface area contributed by atoms with Gasteiger partial charge in [0.15, 0.2) is 5.82 Å². The van der Waals surface area contributed by atoms with Crippen molar-refractivity contribution in [3.63, 3.8) is 0 Å². The van der Waals surface area contributed by atoms with Gasteiger partial charge in [-0.25, -0.2) is 0 Å². The standard InChI is InChI=1S/C19H19N5OS.C6H7N/c1-14-7-8-16(13-20-14)18(25)23-9-11-24(12-10-23)19-21-17(22-26-19)15-5-3-2-4-6-15;1-6-4-2-3-5-7-6/h2-8,13H,9-12H2,1H3;2-5H,1H3. The fourth-order valence-corrected chi connectivity index (χ4v) is 4.11. The van der Waals surface area contributed by atoms with Gasteiger partial charge in [-0.2, -0.15) is 9.36 Å². The van der Waals surface area contributed by atoms with Crippen molar-refractivity contribution < 1.29 is 4.79 Å². The molecule has 5 rings (SSSR count). The highest BCUT2D eigenvalue weighted by atomic mass is 32.1. The lowest BCUT2D eigenvalue weighted by atomic mass is 10.2. The van der Waals surface area contributed by atoms with Gasteiger partial charge in [-0.3, -0.25) is 14.8 Å². The number of amides is 1. The minimum Gasteiger partial charge on any atom is -0.343 e. The molecule has 0 spiro atoms. The Labute approximate surface area is 197 Å². The molecule has 7 nitrogen and oxygen atoms in total. The van der Waals surface area contributed by atoms with Crippen molar-refractivity contribution in [3.8, 4) is 11.4 Å². The number of pyridine rings is 2. The van der Waals surface area contributed by atoms with E-state index in [-0.39, 0.29) is 5.91 Å². The molecule has 168 valence electrons. The molecule has 0 N–H and O–H groups in total. The van der Waals surface area contributed by atoms with Gasteiger partial charge in [0, 0.05) is 67.1 Å². The first kappa shape index (κ1) is 22.5. The van der Waals surface area contributed by atoms with E-state index in [4.69, 9.17) is 0 Å². The Morgan fingerprint density at radius 3 is 2.18 bits per heavy atom. The van der Waals surface area contributed by atoms with Gasteiger partial charge in [-0.1, -0.05) is 36.4 Å². The number of piperazine rings is 1. The minimum atomic E-state index is 0.0411. The van der Waals surface area contributed by atoms with Gasteiger partial charge in [0.1, 0.15) is 0 Å². The molecule has 0 unspecified atom stereocenters. The van der Waals surface area contributed by atoms with Crippen LogP contribution < -0.4 is 4.90 Å². The molecule has 0 aliphatic carbocycles. The number of hydrogen-bond donors (Lipinski definition) is 0. The number of carbonyl (C=O) groups is 1. The van der Waals surface area contributed by atoms with Gasteiger partial charge in [-0.05, 0) is 38.1 Å². The van der Waals surface area contributed by atoms with Crippen LogP contribution in [0.1, 0.15) is 21.7 Å². The number of nitrogens with zero attached hydrogens (tertiary/aromatic N) is 6. The quantitative estimate of drug-likeness (QED) is 0.457. The van der Waals surface area contributed by atoms with Crippen LogP contribution >= 0.6 is 11.5 Å². The van der Waals surface area contributed by atoms with Gasteiger partial charge in [0.25, 0.3) is 5.91 Å². The summed E-state index contributed by atoms with van der Waals surface area (Å²) in [5, 5.41) is 0.910. The Bertz CT molecular complexity index is 1160. The summed E-state index contributed by atoms with van der Waals surface area (Å²) in [4.78, 5) is 29.5. The van der Waals surface area contributed by atoms with Crippen LogP contribution in [0.4, 0.5) is 5.13 Å². The van der Waals surface area contributed by atoms with E-state index in [1.54, 1.807) is 12.4 Å². The summed E-state index contributed by atoms with van der Waals surface area (Å²) in [7, 11) is 0. The second-order valence-corrected chi connectivity index (χ2v) is 8.44. The molecule has 33 heavy (non-hydrogen) atoms. The number of hydrogen-bond acceptors (Lipinski definition) is 7. The normalized spacial score (nSPS) is 13.3. The van der Waals surface area contributed by atoms with Crippen molar-refractivity contribution in [1.29, 1.82) is 0 Å². The second kappa shape index (κ2) is 10.8. The summed E-state index contributed by atoms with van der Waals surface area (Å²) in [6.07, 6.45) is 3.44. The minimum absolute atomic E-state index is 0.0411. The van der Waals surface area contributed by atoms with Crippen molar-refractivity contribution in [2.45, 2.75) is 13.8 Å². The third kappa shape index (κ3) is 5.98. The van der Waals surface area contributed by atoms with Gasteiger partial charge in [-0.15, -0.1) is 0 Å². The van der Waals surface area contributed by atoms with E-state index < -0.39 is 0 Å². The van der Waals surface area contributed by atoms with E-state index in [1.807, 2.05) is 79.4 Å². The Hall–Kier alpha value is -3.65. The molecule has 4 heterocycles. The molecular weight excluding hydrogens is 432 g/mol. The fraction of sp³-hybridized carbons (Fsp3) is 0.240. The van der Waals surface area contributed by atoms with Gasteiger partial charge < -0.3 is 9.80 Å². The van der Waals surface area contributed by atoms with Crippen molar-refractivity contribution >= 4 is 22.6 Å². The molecular formula is C25H26N6OS. The Kier molecular flexibility index (Phi) is 7.36. The Balaban J connectivity index is 0.000000318. The lowest BCUT2D eigenvalue weighted by Crippen LogP contribution is -2.48. The van der Waals surface area contributed by atoms with E-state index >= 15 is 0 Å². The molecule has 1 aromatic carbocycles. The number of anilines is 1. The van der Waals surface area contributed by atoms with Crippen LogP contribution in [0, 0.1) is 13.8 Å².